The molecule has 0 aliphatic rings. The normalized spacial score (nSPS) is 13.3. The van der Waals surface area contributed by atoms with Gasteiger partial charge in [-0.3, -0.25) is 0 Å². The topological polar surface area (TPSA) is 38.9 Å². The molecule has 3 nitrogen and oxygen atoms in total. The third-order valence-electron chi connectivity index (χ3n) is 6.72. The van der Waals surface area contributed by atoms with Gasteiger partial charge in [0.05, 0.1) is 5.58 Å². The third kappa shape index (κ3) is 6.86. The molecule has 6 rings (SSSR count). The summed E-state index contributed by atoms with van der Waals surface area (Å²) in [4.78, 5) is 8.88. The first-order valence-corrected chi connectivity index (χ1v) is 20.4. The Morgan fingerprint density at radius 2 is 1.80 bits per heavy atom. The van der Waals surface area contributed by atoms with Crippen molar-refractivity contribution in [2.45, 2.75) is 43.9 Å². The molecule has 3 heterocycles. The van der Waals surface area contributed by atoms with Gasteiger partial charge in [0, 0.05) is 33.1 Å². The van der Waals surface area contributed by atoms with Gasteiger partial charge in [-0.1, -0.05) is 42.5 Å². The number of rotatable bonds is 4. The van der Waals surface area contributed by atoms with E-state index in [1.54, 1.807) is 42.6 Å². The fourth-order valence-corrected chi connectivity index (χ4v) is 6.57. The quantitative estimate of drug-likeness (QED) is 0.132. The SMILES string of the molecule is [2H]C(C)(C)c1ccnc(-c2[c-]ccc3c2oc2cccc(F)c23)c1.[2H]C([2H])([2H])c1c[c-]c(-c2cc[c]([Ge]([CH3])([CH3])[CH3])cn2)cc1.[Ir]. The minimum absolute atomic E-state index is 0. The molecule has 211 valence electrons. The van der Waals surface area contributed by atoms with Crippen LogP contribution < -0.4 is 4.40 Å². The molecule has 0 amide bonds. The minimum Gasteiger partial charge on any atom is 0 e. The molecule has 41 heavy (non-hydrogen) atoms. The Balaban J connectivity index is 0.000000204. The number of pyridine rings is 2. The van der Waals surface area contributed by atoms with Crippen molar-refractivity contribution >= 4 is 39.6 Å². The van der Waals surface area contributed by atoms with Crippen LogP contribution in [-0.4, -0.2) is 23.2 Å². The van der Waals surface area contributed by atoms with Gasteiger partial charge in [0.25, 0.3) is 0 Å². The largest absolute Gasteiger partial charge is 0 e. The van der Waals surface area contributed by atoms with Crippen LogP contribution in [0, 0.1) is 24.8 Å². The average molecular weight is 786 g/mol. The van der Waals surface area contributed by atoms with Gasteiger partial charge in [-0.25, -0.2) is 4.39 Å². The molecule has 0 atom stereocenters. The van der Waals surface area contributed by atoms with E-state index in [-0.39, 0.29) is 25.9 Å². The first-order chi connectivity index (χ1) is 20.6. The van der Waals surface area contributed by atoms with Crippen LogP contribution >= 0.6 is 0 Å². The van der Waals surface area contributed by atoms with Crippen molar-refractivity contribution in [3.63, 3.8) is 0 Å². The number of benzene rings is 3. The minimum atomic E-state index is -2.08. The Bertz CT molecular complexity index is 1870. The number of hydrogen-bond donors (Lipinski definition) is 0. The van der Waals surface area contributed by atoms with E-state index < -0.39 is 26.0 Å². The standard InChI is InChI=1S/C20H15FNO.C15H18GeN.Ir/c1-12(2)13-9-10-22-17(11-13)14-5-3-6-15-19-16(21)7-4-8-18(19)23-20(14)15;1-12-5-7-13(8-6-12)15-10-9-14(11-17-15)16(2,3)4;/h3-4,6-12H,1-2H3;5-7,9-11H,1-4H3;/q2*-1;/i12D;1D3;. The van der Waals surface area contributed by atoms with Crippen LogP contribution in [0.15, 0.2) is 89.6 Å². The molecule has 6 heteroatoms. The van der Waals surface area contributed by atoms with Crippen LogP contribution in [0.2, 0.25) is 17.3 Å². The van der Waals surface area contributed by atoms with Crippen molar-refractivity contribution < 1.29 is 34.4 Å². The molecule has 0 aliphatic heterocycles. The number of aryl methyl sites for hydroxylation is 1. The predicted octanol–water partition coefficient (Wildman–Crippen LogP) is 9.11. The Kier molecular flexibility index (Phi) is 7.99. The molecule has 0 spiro atoms. The first kappa shape index (κ1) is 25.6. The van der Waals surface area contributed by atoms with Crippen molar-refractivity contribution in [2.24, 2.45) is 0 Å². The van der Waals surface area contributed by atoms with Crippen molar-refractivity contribution in [3.05, 3.63) is 114 Å². The maximum absolute atomic E-state index is 14.2. The maximum Gasteiger partial charge on any atom is 0 e. The zero-order valence-corrected chi connectivity index (χ0v) is 28.1. The van der Waals surface area contributed by atoms with Gasteiger partial charge >= 0.3 is 110 Å². The number of hydrogen-bond acceptors (Lipinski definition) is 3. The van der Waals surface area contributed by atoms with Gasteiger partial charge in [0.15, 0.2) is 0 Å². The summed E-state index contributed by atoms with van der Waals surface area (Å²) >= 11 is -1.83. The Morgan fingerprint density at radius 3 is 2.46 bits per heavy atom. The van der Waals surface area contributed by atoms with Crippen molar-refractivity contribution in [1.82, 2.24) is 9.97 Å². The van der Waals surface area contributed by atoms with E-state index in [9.17, 15) is 4.39 Å². The second kappa shape index (κ2) is 12.8. The van der Waals surface area contributed by atoms with E-state index in [0.717, 1.165) is 16.8 Å². The summed E-state index contributed by atoms with van der Waals surface area (Å²) < 4.78 is 51.7. The smallest absolute Gasteiger partial charge is 0 e. The summed E-state index contributed by atoms with van der Waals surface area (Å²) in [5.41, 5.74) is 5.21. The van der Waals surface area contributed by atoms with Crippen molar-refractivity contribution in [2.75, 3.05) is 0 Å². The third-order valence-corrected chi connectivity index (χ3v) is 11.0. The molecule has 0 unspecified atom stereocenters. The molecular weight excluding hydrogens is 748 g/mol. The van der Waals surface area contributed by atoms with Crippen LogP contribution in [0.4, 0.5) is 4.39 Å². The van der Waals surface area contributed by atoms with E-state index in [1.807, 2.05) is 38.2 Å². The predicted molar refractivity (Wildman–Crippen MR) is 166 cm³/mol. The summed E-state index contributed by atoms with van der Waals surface area (Å²) in [7, 11) is 0. The van der Waals surface area contributed by atoms with E-state index in [0.29, 0.717) is 38.8 Å². The molecule has 0 aliphatic carbocycles. The molecular formula is C35H33FGeIrN2O-2. The van der Waals surface area contributed by atoms with Crippen LogP contribution in [0.1, 0.15) is 36.4 Å². The summed E-state index contributed by atoms with van der Waals surface area (Å²) in [6.45, 7) is 1.58. The van der Waals surface area contributed by atoms with Gasteiger partial charge in [0.1, 0.15) is 11.4 Å². The van der Waals surface area contributed by atoms with Crippen LogP contribution in [0.3, 0.4) is 0 Å². The van der Waals surface area contributed by atoms with E-state index in [1.165, 1.54) is 16.5 Å². The van der Waals surface area contributed by atoms with Gasteiger partial charge in [-0.05, 0) is 29.8 Å². The van der Waals surface area contributed by atoms with E-state index >= 15 is 0 Å². The molecule has 3 aromatic carbocycles. The van der Waals surface area contributed by atoms with Crippen LogP contribution in [0.25, 0.3) is 44.5 Å². The van der Waals surface area contributed by atoms with Crippen LogP contribution in [-0.2, 0) is 20.1 Å². The number of fused-ring (bicyclic) bond motifs is 3. The summed E-state index contributed by atoms with van der Waals surface area (Å²) in [6.07, 6.45) is 3.62. The number of aromatic nitrogens is 2. The molecule has 3 aromatic heterocycles. The first-order valence-electron chi connectivity index (χ1n) is 15.1. The average Bonchev–Trinajstić information content (AvgIpc) is 3.37. The zero-order valence-electron chi connectivity index (χ0n) is 27.6. The van der Waals surface area contributed by atoms with E-state index in [4.69, 9.17) is 9.90 Å². The molecule has 0 saturated carbocycles. The van der Waals surface area contributed by atoms with Crippen molar-refractivity contribution in [3.8, 4) is 22.5 Å². The molecule has 6 aromatic rings. The molecule has 0 saturated heterocycles. The zero-order chi connectivity index (χ0) is 31.9. The van der Waals surface area contributed by atoms with Crippen molar-refractivity contribution in [1.29, 1.82) is 0 Å². The summed E-state index contributed by atoms with van der Waals surface area (Å²) in [5, 5.41) is 1.17. The number of nitrogens with zero attached hydrogens (tertiary/aromatic N) is 2. The fraction of sp³-hybridized carbons (Fsp3) is 0.200. The van der Waals surface area contributed by atoms with Gasteiger partial charge in [-0.15, -0.1) is 18.2 Å². The summed E-state index contributed by atoms with van der Waals surface area (Å²) in [6, 6.07) is 27.2. The second-order valence-electron chi connectivity index (χ2n) is 10.9. The fourth-order valence-electron chi connectivity index (χ4n) is 4.40. The molecule has 0 bridgehead atoms. The molecule has 0 N–H and O–H groups in total. The molecule has 1 radical (unpaired) electrons. The van der Waals surface area contributed by atoms with Gasteiger partial charge in [0.2, 0.25) is 0 Å². The summed E-state index contributed by atoms with van der Waals surface area (Å²) in [5.74, 6) is 5.94. The van der Waals surface area contributed by atoms with Crippen LogP contribution in [0.5, 0.6) is 0 Å². The number of furan rings is 1. The maximum atomic E-state index is 14.2. The van der Waals surface area contributed by atoms with E-state index in [2.05, 4.69) is 45.4 Å². The Morgan fingerprint density at radius 1 is 0.976 bits per heavy atom. The second-order valence-corrected chi connectivity index (χ2v) is 21.6. The van der Waals surface area contributed by atoms with Gasteiger partial charge in [-0.2, -0.15) is 0 Å². The Labute approximate surface area is 263 Å². The Hall–Kier alpha value is -3.12. The number of halogens is 1. The van der Waals surface area contributed by atoms with Gasteiger partial charge < -0.3 is 9.40 Å². The monoisotopic (exact) mass is 787 g/mol. The molecule has 0 fully saturated rings.